The molecule has 0 bridgehead atoms. The number of rotatable bonds is 4. The lowest BCUT2D eigenvalue weighted by molar-refractivity contribution is -0.121. The molecule has 1 atom stereocenters. The third-order valence-electron chi connectivity index (χ3n) is 2.92. The number of carbonyl (C=O) groups excluding carboxylic acids is 1. The number of pyridine rings is 1. The van der Waals surface area contributed by atoms with Gasteiger partial charge < -0.3 is 11.1 Å². The van der Waals surface area contributed by atoms with Gasteiger partial charge in [-0.05, 0) is 36.8 Å². The van der Waals surface area contributed by atoms with Gasteiger partial charge in [0.25, 0.3) is 0 Å². The van der Waals surface area contributed by atoms with Crippen molar-refractivity contribution in [2.24, 2.45) is 0 Å². The summed E-state index contributed by atoms with van der Waals surface area (Å²) in [4.78, 5) is 16.0. The number of nitrogens with one attached hydrogen (secondary N) is 1. The molecule has 1 heterocycles. The van der Waals surface area contributed by atoms with Crippen LogP contribution in [0.2, 0.25) is 0 Å². The quantitative estimate of drug-likeness (QED) is 0.897. The number of anilines is 1. The van der Waals surface area contributed by atoms with Gasteiger partial charge >= 0.3 is 0 Å². The van der Waals surface area contributed by atoms with Crippen molar-refractivity contribution in [1.29, 1.82) is 0 Å². The second-order valence-electron chi connectivity index (χ2n) is 4.60. The van der Waals surface area contributed by atoms with E-state index < -0.39 is 0 Å². The Morgan fingerprint density at radius 3 is 2.85 bits per heavy atom. The monoisotopic (exact) mass is 273 g/mol. The third kappa shape index (κ3) is 3.78. The number of hydrogen-bond acceptors (Lipinski definition) is 3. The molecule has 0 fully saturated rings. The summed E-state index contributed by atoms with van der Waals surface area (Å²) in [6, 6.07) is 9.33. The number of benzene rings is 1. The molecular weight excluding hydrogens is 257 g/mol. The first-order chi connectivity index (χ1) is 9.54. The van der Waals surface area contributed by atoms with Crippen molar-refractivity contribution in [2.75, 3.05) is 5.73 Å². The highest BCUT2D eigenvalue weighted by Gasteiger charge is 2.11. The number of nitrogens with two attached hydrogens (primary N) is 1. The SMILES string of the molecule is C[C@H](NC(=O)Cc1ccc(N)cn1)c1cccc(F)c1. The summed E-state index contributed by atoms with van der Waals surface area (Å²) in [6.45, 7) is 1.81. The van der Waals surface area contributed by atoms with Gasteiger partial charge in [-0.1, -0.05) is 12.1 Å². The minimum atomic E-state index is -0.316. The minimum Gasteiger partial charge on any atom is -0.397 e. The van der Waals surface area contributed by atoms with Crippen LogP contribution in [0.5, 0.6) is 0 Å². The Kier molecular flexibility index (Phi) is 4.30. The van der Waals surface area contributed by atoms with Gasteiger partial charge in [-0.2, -0.15) is 0 Å². The molecule has 0 radical (unpaired) electrons. The van der Waals surface area contributed by atoms with Gasteiger partial charge in [0.2, 0.25) is 5.91 Å². The van der Waals surface area contributed by atoms with Crippen LogP contribution in [0.4, 0.5) is 10.1 Å². The highest BCUT2D eigenvalue weighted by Crippen LogP contribution is 2.13. The highest BCUT2D eigenvalue weighted by atomic mass is 19.1. The average molecular weight is 273 g/mol. The lowest BCUT2D eigenvalue weighted by Crippen LogP contribution is -2.28. The summed E-state index contributed by atoms with van der Waals surface area (Å²) in [7, 11) is 0. The van der Waals surface area contributed by atoms with E-state index in [1.54, 1.807) is 24.3 Å². The van der Waals surface area contributed by atoms with Crippen molar-refractivity contribution in [3.8, 4) is 0 Å². The molecule has 0 spiro atoms. The Bertz CT molecular complexity index is 598. The van der Waals surface area contributed by atoms with Gasteiger partial charge in [-0.3, -0.25) is 9.78 Å². The number of nitrogens with zero attached hydrogens (tertiary/aromatic N) is 1. The van der Waals surface area contributed by atoms with Gasteiger partial charge in [-0.25, -0.2) is 4.39 Å². The fraction of sp³-hybridized carbons (Fsp3) is 0.200. The molecule has 0 aliphatic rings. The zero-order valence-corrected chi connectivity index (χ0v) is 11.1. The van der Waals surface area contributed by atoms with Crippen molar-refractivity contribution >= 4 is 11.6 Å². The van der Waals surface area contributed by atoms with E-state index in [0.29, 0.717) is 11.4 Å². The first-order valence-corrected chi connectivity index (χ1v) is 6.30. The standard InChI is InChI=1S/C15H16FN3O/c1-10(11-3-2-4-12(16)7-11)19-15(20)8-14-6-5-13(17)9-18-14/h2-7,9-10H,8,17H2,1H3,(H,19,20)/t10-/m0/s1. The molecule has 20 heavy (non-hydrogen) atoms. The first kappa shape index (κ1) is 14.0. The van der Waals surface area contributed by atoms with Crippen LogP contribution in [0.3, 0.4) is 0 Å². The van der Waals surface area contributed by atoms with E-state index in [2.05, 4.69) is 10.3 Å². The molecule has 4 nitrogen and oxygen atoms in total. The molecule has 5 heteroatoms. The summed E-state index contributed by atoms with van der Waals surface area (Å²) in [5, 5.41) is 2.81. The molecule has 1 amide bonds. The van der Waals surface area contributed by atoms with Gasteiger partial charge in [0.15, 0.2) is 0 Å². The summed E-state index contributed by atoms with van der Waals surface area (Å²) < 4.78 is 13.1. The van der Waals surface area contributed by atoms with E-state index in [-0.39, 0.29) is 24.2 Å². The molecule has 0 unspecified atom stereocenters. The van der Waals surface area contributed by atoms with Crippen molar-refractivity contribution in [3.05, 3.63) is 59.7 Å². The number of carbonyl (C=O) groups is 1. The number of amides is 1. The number of halogens is 1. The maximum Gasteiger partial charge on any atom is 0.226 e. The second-order valence-corrected chi connectivity index (χ2v) is 4.60. The second kappa shape index (κ2) is 6.14. The van der Waals surface area contributed by atoms with Gasteiger partial charge in [0.05, 0.1) is 24.3 Å². The average Bonchev–Trinajstić information content (AvgIpc) is 2.41. The topological polar surface area (TPSA) is 68.0 Å². The predicted octanol–water partition coefficient (Wildman–Crippen LogP) is 2.22. The Morgan fingerprint density at radius 2 is 2.20 bits per heavy atom. The maximum absolute atomic E-state index is 13.1. The van der Waals surface area contributed by atoms with Crippen LogP contribution in [0, 0.1) is 5.82 Å². The van der Waals surface area contributed by atoms with Crippen LogP contribution < -0.4 is 11.1 Å². The summed E-state index contributed by atoms with van der Waals surface area (Å²) in [5.41, 5.74) is 7.45. The molecule has 0 saturated carbocycles. The summed E-state index contributed by atoms with van der Waals surface area (Å²) >= 11 is 0. The van der Waals surface area contributed by atoms with Crippen LogP contribution in [0.25, 0.3) is 0 Å². The van der Waals surface area contributed by atoms with Crippen LogP contribution in [-0.4, -0.2) is 10.9 Å². The van der Waals surface area contributed by atoms with Gasteiger partial charge in [-0.15, -0.1) is 0 Å². The van der Waals surface area contributed by atoms with Crippen LogP contribution >= 0.6 is 0 Å². The lowest BCUT2D eigenvalue weighted by Gasteiger charge is -2.14. The van der Waals surface area contributed by atoms with Crippen LogP contribution in [0.15, 0.2) is 42.6 Å². The molecule has 3 N–H and O–H groups in total. The van der Waals surface area contributed by atoms with Gasteiger partial charge in [0, 0.05) is 5.69 Å². The minimum absolute atomic E-state index is 0.167. The van der Waals surface area contributed by atoms with Crippen LogP contribution in [-0.2, 0) is 11.2 Å². The largest absolute Gasteiger partial charge is 0.397 e. The van der Waals surface area contributed by atoms with E-state index >= 15 is 0 Å². The molecule has 0 aliphatic heterocycles. The Hall–Kier alpha value is -2.43. The smallest absolute Gasteiger partial charge is 0.226 e. The van der Waals surface area contributed by atoms with Crippen molar-refractivity contribution in [2.45, 2.75) is 19.4 Å². The Morgan fingerprint density at radius 1 is 1.40 bits per heavy atom. The first-order valence-electron chi connectivity index (χ1n) is 6.30. The molecule has 104 valence electrons. The molecule has 2 rings (SSSR count). The fourth-order valence-corrected chi connectivity index (χ4v) is 1.86. The molecule has 2 aromatic rings. The number of nitrogen functional groups attached to an aromatic ring is 1. The maximum atomic E-state index is 13.1. The molecule has 0 aliphatic carbocycles. The fourth-order valence-electron chi connectivity index (χ4n) is 1.86. The highest BCUT2D eigenvalue weighted by molar-refractivity contribution is 5.78. The Labute approximate surface area is 116 Å². The van der Waals surface area contributed by atoms with E-state index in [1.165, 1.54) is 18.3 Å². The van der Waals surface area contributed by atoms with E-state index in [9.17, 15) is 9.18 Å². The number of aromatic nitrogens is 1. The van der Waals surface area contributed by atoms with E-state index in [1.807, 2.05) is 6.92 Å². The third-order valence-corrected chi connectivity index (χ3v) is 2.92. The van der Waals surface area contributed by atoms with Crippen molar-refractivity contribution < 1.29 is 9.18 Å². The molecular formula is C15H16FN3O. The van der Waals surface area contributed by atoms with Crippen molar-refractivity contribution in [1.82, 2.24) is 10.3 Å². The molecule has 0 saturated heterocycles. The number of hydrogen-bond donors (Lipinski definition) is 2. The summed E-state index contributed by atoms with van der Waals surface area (Å²) in [5.74, 6) is -0.483. The zero-order chi connectivity index (χ0) is 14.5. The van der Waals surface area contributed by atoms with Crippen molar-refractivity contribution in [3.63, 3.8) is 0 Å². The Balaban J connectivity index is 1.95. The normalized spacial score (nSPS) is 11.9. The van der Waals surface area contributed by atoms with Gasteiger partial charge in [0.1, 0.15) is 5.82 Å². The molecule has 1 aromatic heterocycles. The van der Waals surface area contributed by atoms with E-state index in [0.717, 1.165) is 5.56 Å². The summed E-state index contributed by atoms with van der Waals surface area (Å²) in [6.07, 6.45) is 1.68. The predicted molar refractivity (Wildman–Crippen MR) is 75.3 cm³/mol. The molecule has 1 aromatic carbocycles. The zero-order valence-electron chi connectivity index (χ0n) is 11.1. The van der Waals surface area contributed by atoms with Crippen LogP contribution in [0.1, 0.15) is 24.2 Å². The van der Waals surface area contributed by atoms with E-state index in [4.69, 9.17) is 5.73 Å². The lowest BCUT2D eigenvalue weighted by atomic mass is 10.1.